The van der Waals surface area contributed by atoms with Gasteiger partial charge in [-0.1, -0.05) is 22.0 Å². The van der Waals surface area contributed by atoms with E-state index in [0.29, 0.717) is 16.5 Å². The Morgan fingerprint density at radius 1 is 1.41 bits per heavy atom. The van der Waals surface area contributed by atoms with Gasteiger partial charge in [-0.15, -0.1) is 0 Å². The summed E-state index contributed by atoms with van der Waals surface area (Å²) in [6.07, 6.45) is -3.69. The summed E-state index contributed by atoms with van der Waals surface area (Å²) in [5.74, 6) is -0.142. The van der Waals surface area contributed by atoms with Gasteiger partial charge in [-0.25, -0.2) is 0 Å². The van der Waals surface area contributed by atoms with E-state index in [9.17, 15) is 18.0 Å². The molecule has 0 heterocycles. The third-order valence-corrected chi connectivity index (χ3v) is 3.02. The van der Waals surface area contributed by atoms with Crippen molar-refractivity contribution in [1.82, 2.24) is 5.32 Å². The molecule has 0 fully saturated rings. The van der Waals surface area contributed by atoms with Crippen LogP contribution in [-0.2, 0) is 17.4 Å². The van der Waals surface area contributed by atoms with Crippen molar-refractivity contribution in [3.63, 3.8) is 0 Å². The Morgan fingerprint density at radius 2 is 2.06 bits per heavy atom. The van der Waals surface area contributed by atoms with Crippen LogP contribution in [0.2, 0.25) is 0 Å². The summed E-state index contributed by atoms with van der Waals surface area (Å²) < 4.78 is 37.5. The number of amides is 1. The summed E-state index contributed by atoms with van der Waals surface area (Å²) >= 11 is 3.08. The maximum Gasteiger partial charge on any atom is 0.416 e. The Bertz CT molecular complexity index is 418. The zero-order valence-electron chi connectivity index (χ0n) is 9.07. The molecule has 1 N–H and O–H groups in total. The van der Waals surface area contributed by atoms with Crippen LogP contribution in [0.1, 0.15) is 17.5 Å². The van der Waals surface area contributed by atoms with Gasteiger partial charge in [-0.05, 0) is 24.1 Å². The predicted molar refractivity (Wildman–Crippen MR) is 61.5 cm³/mol. The third kappa shape index (κ3) is 4.03. The van der Waals surface area contributed by atoms with Crippen molar-refractivity contribution >= 4 is 21.8 Å². The highest BCUT2D eigenvalue weighted by atomic mass is 79.9. The molecule has 1 aromatic rings. The molecule has 1 rings (SSSR count). The molecule has 0 aliphatic heterocycles. The van der Waals surface area contributed by atoms with E-state index in [1.54, 1.807) is 0 Å². The topological polar surface area (TPSA) is 29.1 Å². The van der Waals surface area contributed by atoms with Crippen LogP contribution < -0.4 is 5.32 Å². The van der Waals surface area contributed by atoms with Gasteiger partial charge >= 0.3 is 6.18 Å². The molecule has 0 radical (unpaired) electrons. The van der Waals surface area contributed by atoms with E-state index in [2.05, 4.69) is 21.2 Å². The maximum absolute atomic E-state index is 12.4. The Kier molecular flexibility index (Phi) is 4.56. The van der Waals surface area contributed by atoms with Crippen LogP contribution >= 0.6 is 15.9 Å². The molecule has 1 aromatic carbocycles. The van der Waals surface area contributed by atoms with E-state index in [1.807, 2.05) is 0 Å². The Morgan fingerprint density at radius 3 is 2.53 bits per heavy atom. The highest BCUT2D eigenvalue weighted by molar-refractivity contribution is 9.10. The van der Waals surface area contributed by atoms with Crippen molar-refractivity contribution in [3.05, 3.63) is 33.8 Å². The van der Waals surface area contributed by atoms with Crippen molar-refractivity contribution < 1.29 is 18.0 Å². The number of aryl methyl sites for hydroxylation is 1. The Labute approximate surface area is 105 Å². The fourth-order valence-electron chi connectivity index (χ4n) is 1.30. The molecule has 0 bridgehead atoms. The van der Waals surface area contributed by atoms with E-state index in [0.717, 1.165) is 12.1 Å². The van der Waals surface area contributed by atoms with E-state index in [-0.39, 0.29) is 12.3 Å². The number of benzene rings is 1. The second-order valence-electron chi connectivity index (χ2n) is 3.48. The molecule has 1 amide bonds. The molecule has 0 spiro atoms. The molecule has 0 saturated heterocycles. The maximum atomic E-state index is 12.4. The SMILES string of the molecule is CNC(=O)CCc1ccc(C(F)(F)F)cc1Br. The zero-order chi connectivity index (χ0) is 13.1. The summed E-state index contributed by atoms with van der Waals surface area (Å²) in [6, 6.07) is 3.43. The lowest BCUT2D eigenvalue weighted by Gasteiger charge is -2.09. The number of hydrogen-bond acceptors (Lipinski definition) is 1. The molecular formula is C11H11BrF3NO. The fourth-order valence-corrected chi connectivity index (χ4v) is 1.88. The molecule has 17 heavy (non-hydrogen) atoms. The second kappa shape index (κ2) is 5.53. The lowest BCUT2D eigenvalue weighted by atomic mass is 10.1. The van der Waals surface area contributed by atoms with Crippen molar-refractivity contribution in [1.29, 1.82) is 0 Å². The predicted octanol–water partition coefficient (Wildman–Crippen LogP) is 3.15. The summed E-state index contributed by atoms with van der Waals surface area (Å²) in [5.41, 5.74) is -0.0188. The van der Waals surface area contributed by atoms with Gasteiger partial charge in [0.1, 0.15) is 0 Å². The molecule has 0 saturated carbocycles. The second-order valence-corrected chi connectivity index (χ2v) is 4.33. The number of alkyl halides is 3. The van der Waals surface area contributed by atoms with E-state index < -0.39 is 11.7 Å². The van der Waals surface area contributed by atoms with Crippen LogP contribution in [0.25, 0.3) is 0 Å². The number of rotatable bonds is 3. The molecule has 0 aliphatic carbocycles. The molecule has 94 valence electrons. The summed E-state index contributed by atoms with van der Waals surface area (Å²) in [6.45, 7) is 0. The molecule has 0 unspecified atom stereocenters. The minimum absolute atomic E-state index is 0.142. The van der Waals surface area contributed by atoms with Gasteiger partial charge in [-0.3, -0.25) is 4.79 Å². The summed E-state index contributed by atoms with van der Waals surface area (Å²) in [4.78, 5) is 11.0. The molecular weight excluding hydrogens is 299 g/mol. The first kappa shape index (κ1) is 14.0. The minimum Gasteiger partial charge on any atom is -0.359 e. The van der Waals surface area contributed by atoms with Crippen LogP contribution in [-0.4, -0.2) is 13.0 Å². The quantitative estimate of drug-likeness (QED) is 0.913. The van der Waals surface area contributed by atoms with Gasteiger partial charge in [0.05, 0.1) is 5.56 Å². The Hall–Kier alpha value is -1.04. The van der Waals surface area contributed by atoms with Gasteiger partial charge in [0.25, 0.3) is 0 Å². The summed E-state index contributed by atoms with van der Waals surface area (Å²) in [7, 11) is 1.52. The highest BCUT2D eigenvalue weighted by Crippen LogP contribution is 2.32. The first-order chi connectivity index (χ1) is 7.84. The summed E-state index contributed by atoms with van der Waals surface area (Å²) in [5, 5.41) is 2.46. The first-order valence-electron chi connectivity index (χ1n) is 4.91. The van der Waals surface area contributed by atoms with Gasteiger partial charge in [0.15, 0.2) is 0 Å². The van der Waals surface area contributed by atoms with Crippen molar-refractivity contribution in [2.45, 2.75) is 19.0 Å². The lowest BCUT2D eigenvalue weighted by Crippen LogP contribution is -2.18. The van der Waals surface area contributed by atoms with Crippen molar-refractivity contribution in [2.24, 2.45) is 0 Å². The number of carbonyl (C=O) groups is 1. The van der Waals surface area contributed by atoms with Crippen molar-refractivity contribution in [3.8, 4) is 0 Å². The average Bonchev–Trinajstić information content (AvgIpc) is 2.25. The van der Waals surface area contributed by atoms with E-state index in [1.165, 1.54) is 13.1 Å². The van der Waals surface area contributed by atoms with Crippen LogP contribution in [0.5, 0.6) is 0 Å². The number of nitrogens with one attached hydrogen (secondary N) is 1. The van der Waals surface area contributed by atoms with E-state index in [4.69, 9.17) is 0 Å². The molecule has 0 aliphatic rings. The van der Waals surface area contributed by atoms with Gasteiger partial charge in [0.2, 0.25) is 5.91 Å². The van der Waals surface area contributed by atoms with Crippen LogP contribution in [0.3, 0.4) is 0 Å². The number of carbonyl (C=O) groups excluding carboxylic acids is 1. The molecule has 6 heteroatoms. The van der Waals surface area contributed by atoms with Crippen LogP contribution in [0.15, 0.2) is 22.7 Å². The highest BCUT2D eigenvalue weighted by Gasteiger charge is 2.30. The first-order valence-corrected chi connectivity index (χ1v) is 5.70. The monoisotopic (exact) mass is 309 g/mol. The largest absolute Gasteiger partial charge is 0.416 e. The van der Waals surface area contributed by atoms with Gasteiger partial charge in [0, 0.05) is 17.9 Å². The third-order valence-electron chi connectivity index (χ3n) is 2.28. The standard InChI is InChI=1S/C11H11BrF3NO/c1-16-10(17)5-3-7-2-4-8(6-9(7)12)11(13,14)15/h2,4,6H,3,5H2,1H3,(H,16,17). The Balaban J connectivity index is 2.80. The zero-order valence-corrected chi connectivity index (χ0v) is 10.7. The number of halogens is 4. The lowest BCUT2D eigenvalue weighted by molar-refractivity contribution is -0.137. The fraction of sp³-hybridized carbons (Fsp3) is 0.364. The number of hydrogen-bond donors (Lipinski definition) is 1. The normalized spacial score (nSPS) is 11.4. The van der Waals surface area contributed by atoms with Gasteiger partial charge < -0.3 is 5.32 Å². The average molecular weight is 310 g/mol. The molecule has 2 nitrogen and oxygen atoms in total. The van der Waals surface area contributed by atoms with Crippen LogP contribution in [0.4, 0.5) is 13.2 Å². The van der Waals surface area contributed by atoms with E-state index >= 15 is 0 Å². The smallest absolute Gasteiger partial charge is 0.359 e. The van der Waals surface area contributed by atoms with Crippen molar-refractivity contribution in [2.75, 3.05) is 7.05 Å². The minimum atomic E-state index is -4.35. The van der Waals surface area contributed by atoms with Crippen LogP contribution in [0, 0.1) is 0 Å². The molecule has 0 aromatic heterocycles. The molecule has 0 atom stereocenters. The van der Waals surface area contributed by atoms with Gasteiger partial charge in [-0.2, -0.15) is 13.2 Å².